The van der Waals surface area contributed by atoms with Crippen LogP contribution in [0.25, 0.3) is 0 Å². The smallest absolute Gasteiger partial charge is 0.142 e. The van der Waals surface area contributed by atoms with Gasteiger partial charge in [-0.2, -0.15) is 0 Å². The molecule has 0 saturated carbocycles. The topological polar surface area (TPSA) is 24.5 Å². The number of anilines is 1. The molecular formula is C14H22N2O. The first-order chi connectivity index (χ1) is 8.35. The van der Waals surface area contributed by atoms with E-state index in [1.54, 1.807) is 0 Å². The van der Waals surface area contributed by atoms with Crippen molar-refractivity contribution in [1.29, 1.82) is 0 Å². The Morgan fingerprint density at radius 3 is 3.00 bits per heavy atom. The van der Waals surface area contributed by atoms with Gasteiger partial charge in [0.05, 0.1) is 12.3 Å². The Morgan fingerprint density at radius 1 is 1.41 bits per heavy atom. The van der Waals surface area contributed by atoms with E-state index in [4.69, 9.17) is 4.74 Å². The lowest BCUT2D eigenvalue weighted by Gasteiger charge is -2.35. The molecular weight excluding hydrogens is 212 g/mol. The monoisotopic (exact) mass is 234 g/mol. The van der Waals surface area contributed by atoms with Gasteiger partial charge >= 0.3 is 0 Å². The van der Waals surface area contributed by atoms with Gasteiger partial charge in [0.25, 0.3) is 0 Å². The van der Waals surface area contributed by atoms with Crippen molar-refractivity contribution >= 4 is 5.69 Å². The molecule has 1 atom stereocenters. The average molecular weight is 234 g/mol. The maximum atomic E-state index is 5.70. The third kappa shape index (κ3) is 2.91. The van der Waals surface area contributed by atoms with E-state index in [9.17, 15) is 0 Å². The van der Waals surface area contributed by atoms with Crippen molar-refractivity contribution in [2.24, 2.45) is 0 Å². The van der Waals surface area contributed by atoms with Crippen molar-refractivity contribution in [3.05, 3.63) is 24.3 Å². The van der Waals surface area contributed by atoms with Gasteiger partial charge in [0.1, 0.15) is 5.75 Å². The van der Waals surface area contributed by atoms with Gasteiger partial charge in [-0.05, 0) is 38.9 Å². The molecule has 0 aromatic heterocycles. The predicted molar refractivity (Wildman–Crippen MR) is 71.9 cm³/mol. The highest BCUT2D eigenvalue weighted by Gasteiger charge is 2.20. The Kier molecular flexibility index (Phi) is 4.26. The lowest BCUT2D eigenvalue weighted by molar-refractivity contribution is 0.338. The summed E-state index contributed by atoms with van der Waals surface area (Å²) in [5, 5.41) is 3.37. The number of likely N-dealkylation sites (N-methyl/N-ethyl adjacent to an activating group) is 1. The molecule has 0 aliphatic carbocycles. The van der Waals surface area contributed by atoms with E-state index in [-0.39, 0.29) is 0 Å². The van der Waals surface area contributed by atoms with Crippen molar-refractivity contribution < 1.29 is 4.74 Å². The van der Waals surface area contributed by atoms with Crippen LogP contribution >= 0.6 is 0 Å². The SMILES string of the molecule is CCOc1ccccc1N1CCCC(NC)C1. The Bertz CT molecular complexity index is 354. The Morgan fingerprint density at radius 2 is 2.24 bits per heavy atom. The van der Waals surface area contributed by atoms with Crippen LogP contribution in [0.4, 0.5) is 5.69 Å². The number of ether oxygens (including phenoxy) is 1. The molecule has 3 nitrogen and oxygen atoms in total. The van der Waals surface area contributed by atoms with Crippen molar-refractivity contribution in [3.63, 3.8) is 0 Å². The Labute approximate surface area is 104 Å². The van der Waals surface area contributed by atoms with Crippen LogP contribution in [0, 0.1) is 0 Å². The predicted octanol–water partition coefficient (Wildman–Crippen LogP) is 2.27. The number of benzene rings is 1. The second-order valence-electron chi connectivity index (χ2n) is 4.47. The molecule has 1 heterocycles. The number of hydrogen-bond acceptors (Lipinski definition) is 3. The first-order valence-corrected chi connectivity index (χ1v) is 6.49. The Hall–Kier alpha value is -1.22. The van der Waals surface area contributed by atoms with Crippen molar-refractivity contribution in [2.75, 3.05) is 31.6 Å². The van der Waals surface area contributed by atoms with Gasteiger partial charge in [0.2, 0.25) is 0 Å². The molecule has 1 aliphatic rings. The van der Waals surface area contributed by atoms with E-state index < -0.39 is 0 Å². The van der Waals surface area contributed by atoms with Crippen LogP contribution in [0.2, 0.25) is 0 Å². The highest BCUT2D eigenvalue weighted by atomic mass is 16.5. The maximum Gasteiger partial charge on any atom is 0.142 e. The lowest BCUT2D eigenvalue weighted by Crippen LogP contribution is -2.44. The van der Waals surface area contributed by atoms with Gasteiger partial charge in [0, 0.05) is 19.1 Å². The largest absolute Gasteiger partial charge is 0.492 e. The summed E-state index contributed by atoms with van der Waals surface area (Å²) in [5.74, 6) is 1.01. The molecule has 1 aliphatic heterocycles. The van der Waals surface area contributed by atoms with E-state index in [0.29, 0.717) is 6.04 Å². The van der Waals surface area contributed by atoms with Gasteiger partial charge in [-0.25, -0.2) is 0 Å². The average Bonchev–Trinajstić information content (AvgIpc) is 2.40. The molecule has 2 rings (SSSR count). The van der Waals surface area contributed by atoms with Crippen molar-refractivity contribution in [3.8, 4) is 5.75 Å². The van der Waals surface area contributed by atoms with Crippen LogP contribution in [-0.2, 0) is 0 Å². The first kappa shape index (κ1) is 12.2. The first-order valence-electron chi connectivity index (χ1n) is 6.49. The molecule has 0 radical (unpaired) electrons. The fourth-order valence-corrected chi connectivity index (χ4v) is 2.43. The number of piperidine rings is 1. The van der Waals surface area contributed by atoms with Gasteiger partial charge < -0.3 is 15.0 Å². The van der Waals surface area contributed by atoms with E-state index >= 15 is 0 Å². The molecule has 17 heavy (non-hydrogen) atoms. The van der Waals surface area contributed by atoms with E-state index in [1.165, 1.54) is 18.5 Å². The fourth-order valence-electron chi connectivity index (χ4n) is 2.43. The van der Waals surface area contributed by atoms with E-state index in [0.717, 1.165) is 25.4 Å². The molecule has 1 N–H and O–H groups in total. The highest BCUT2D eigenvalue weighted by molar-refractivity contribution is 5.58. The highest BCUT2D eigenvalue weighted by Crippen LogP contribution is 2.30. The molecule has 3 heteroatoms. The molecule has 0 bridgehead atoms. The van der Waals surface area contributed by atoms with E-state index in [1.807, 2.05) is 20.0 Å². The lowest BCUT2D eigenvalue weighted by atomic mass is 10.0. The fraction of sp³-hybridized carbons (Fsp3) is 0.571. The van der Waals surface area contributed by atoms with Gasteiger partial charge in [-0.15, -0.1) is 0 Å². The summed E-state index contributed by atoms with van der Waals surface area (Å²) in [4.78, 5) is 2.43. The second kappa shape index (κ2) is 5.92. The number of nitrogens with one attached hydrogen (secondary N) is 1. The minimum atomic E-state index is 0.596. The molecule has 94 valence electrons. The molecule has 1 aromatic carbocycles. The summed E-state index contributed by atoms with van der Waals surface area (Å²) in [6, 6.07) is 8.93. The molecule has 1 unspecified atom stereocenters. The minimum absolute atomic E-state index is 0.596. The summed E-state index contributed by atoms with van der Waals surface area (Å²) >= 11 is 0. The zero-order valence-electron chi connectivity index (χ0n) is 10.8. The number of nitrogens with zero attached hydrogens (tertiary/aromatic N) is 1. The summed E-state index contributed by atoms with van der Waals surface area (Å²) < 4.78 is 5.70. The Balaban J connectivity index is 2.15. The van der Waals surface area contributed by atoms with Crippen LogP contribution in [-0.4, -0.2) is 32.8 Å². The summed E-state index contributed by atoms with van der Waals surface area (Å²) in [5.41, 5.74) is 1.23. The third-order valence-corrected chi connectivity index (χ3v) is 3.34. The van der Waals surface area contributed by atoms with Crippen molar-refractivity contribution in [1.82, 2.24) is 5.32 Å². The van der Waals surface area contributed by atoms with Gasteiger partial charge in [-0.3, -0.25) is 0 Å². The molecule has 1 aromatic rings. The minimum Gasteiger partial charge on any atom is -0.492 e. The van der Waals surface area contributed by atoms with Crippen molar-refractivity contribution in [2.45, 2.75) is 25.8 Å². The summed E-state index contributed by atoms with van der Waals surface area (Å²) in [6.07, 6.45) is 2.51. The maximum absolute atomic E-state index is 5.70. The van der Waals surface area contributed by atoms with Gasteiger partial charge in [0.15, 0.2) is 0 Å². The number of rotatable bonds is 4. The van der Waals surface area contributed by atoms with Crippen LogP contribution in [0.1, 0.15) is 19.8 Å². The number of hydrogen-bond donors (Lipinski definition) is 1. The molecule has 1 saturated heterocycles. The van der Waals surface area contributed by atoms with Crippen LogP contribution in [0.3, 0.4) is 0 Å². The normalized spacial score (nSPS) is 20.4. The molecule has 1 fully saturated rings. The summed E-state index contributed by atoms with van der Waals surface area (Å²) in [7, 11) is 2.04. The third-order valence-electron chi connectivity index (χ3n) is 3.34. The van der Waals surface area contributed by atoms with Gasteiger partial charge in [-0.1, -0.05) is 12.1 Å². The quantitative estimate of drug-likeness (QED) is 0.865. The zero-order valence-corrected chi connectivity index (χ0v) is 10.8. The standard InChI is InChI=1S/C14H22N2O/c1-3-17-14-9-5-4-8-13(14)16-10-6-7-12(11-16)15-2/h4-5,8-9,12,15H,3,6-7,10-11H2,1-2H3. The van der Waals surface area contributed by atoms with Crippen LogP contribution < -0.4 is 15.0 Å². The van der Waals surface area contributed by atoms with E-state index in [2.05, 4.69) is 28.4 Å². The zero-order chi connectivity index (χ0) is 12.1. The number of para-hydroxylation sites is 2. The van der Waals surface area contributed by atoms with Crippen LogP contribution in [0.5, 0.6) is 5.75 Å². The second-order valence-corrected chi connectivity index (χ2v) is 4.47. The van der Waals surface area contributed by atoms with Crippen LogP contribution in [0.15, 0.2) is 24.3 Å². The molecule has 0 amide bonds. The summed E-state index contributed by atoms with van der Waals surface area (Å²) in [6.45, 7) is 4.95. The molecule has 0 spiro atoms.